The van der Waals surface area contributed by atoms with Crippen LogP contribution in [0.2, 0.25) is 5.28 Å². The fourth-order valence-corrected chi connectivity index (χ4v) is 3.74. The lowest BCUT2D eigenvalue weighted by Gasteiger charge is -2.23. The van der Waals surface area contributed by atoms with Gasteiger partial charge in [-0.1, -0.05) is 0 Å². The Labute approximate surface area is 197 Å². The molecular formula is C18H24Br2ClN7O2. The Morgan fingerprint density at radius 2 is 1.30 bits per heavy atom. The molecule has 4 rings (SSSR count). The largest absolute Gasteiger partial charge is 0.381 e. The van der Waals surface area contributed by atoms with Crippen LogP contribution in [0, 0.1) is 0 Å². The van der Waals surface area contributed by atoms with Gasteiger partial charge in [0.05, 0.1) is 8.95 Å². The molecule has 2 saturated heterocycles. The number of aromatic nitrogens is 4. The molecule has 0 aliphatic carbocycles. The number of anilines is 3. The molecule has 12 heteroatoms. The first-order chi connectivity index (χ1) is 14.5. The van der Waals surface area contributed by atoms with Crippen LogP contribution in [0.3, 0.4) is 0 Å². The molecule has 0 aromatic carbocycles. The van der Waals surface area contributed by atoms with E-state index in [0.717, 1.165) is 72.7 Å². The molecule has 0 bridgehead atoms. The van der Waals surface area contributed by atoms with Gasteiger partial charge >= 0.3 is 0 Å². The number of nitrogens with one attached hydrogen (secondary N) is 2. The van der Waals surface area contributed by atoms with Crippen LogP contribution >= 0.6 is 43.5 Å². The number of halogens is 3. The smallest absolute Gasteiger partial charge is 0.224 e. The second-order valence-corrected chi connectivity index (χ2v) is 8.87. The van der Waals surface area contributed by atoms with Crippen LogP contribution in [0.25, 0.3) is 0 Å². The lowest BCUT2D eigenvalue weighted by atomic mass is 10.1. The Bertz CT molecular complexity index is 754. The lowest BCUT2D eigenvalue weighted by molar-refractivity contribution is 0.0902. The maximum atomic E-state index is 5.73. The second-order valence-electron chi connectivity index (χ2n) is 6.82. The van der Waals surface area contributed by atoms with Gasteiger partial charge in [0.2, 0.25) is 11.2 Å². The zero-order valence-corrected chi connectivity index (χ0v) is 20.2. The molecule has 0 amide bonds. The van der Waals surface area contributed by atoms with Gasteiger partial charge in [-0.15, -0.1) is 0 Å². The maximum Gasteiger partial charge on any atom is 0.224 e. The first kappa shape index (κ1) is 23.4. The summed E-state index contributed by atoms with van der Waals surface area (Å²) < 4.78 is 12.2. The van der Waals surface area contributed by atoms with Gasteiger partial charge in [0.1, 0.15) is 11.6 Å². The van der Waals surface area contributed by atoms with Crippen molar-refractivity contribution in [2.24, 2.45) is 0 Å². The molecule has 9 nitrogen and oxygen atoms in total. The lowest BCUT2D eigenvalue weighted by Crippen LogP contribution is -2.28. The van der Waals surface area contributed by atoms with Crippen molar-refractivity contribution in [2.45, 2.75) is 37.8 Å². The summed E-state index contributed by atoms with van der Waals surface area (Å²) in [7, 11) is 0. The number of rotatable bonds is 4. The molecule has 0 atom stereocenters. The van der Waals surface area contributed by atoms with Crippen LogP contribution in [0.5, 0.6) is 0 Å². The number of hydrogen-bond acceptors (Lipinski definition) is 9. The van der Waals surface area contributed by atoms with E-state index in [2.05, 4.69) is 62.4 Å². The highest BCUT2D eigenvalue weighted by Gasteiger charge is 2.16. The molecule has 2 aromatic rings. The molecule has 30 heavy (non-hydrogen) atoms. The Kier molecular flexibility index (Phi) is 9.31. The third kappa shape index (κ3) is 7.45. The predicted molar refractivity (Wildman–Crippen MR) is 124 cm³/mol. The SMILES string of the molecule is Clc1ncc(Br)c(NC2CCOCC2)n1.Nc1ncc(Br)c(NC2CCOCC2)n1. The number of nitrogen functional groups attached to an aromatic ring is 1. The van der Waals surface area contributed by atoms with E-state index in [1.807, 2.05) is 0 Å². The molecule has 0 radical (unpaired) electrons. The minimum Gasteiger partial charge on any atom is -0.381 e. The van der Waals surface area contributed by atoms with Crippen molar-refractivity contribution in [1.29, 1.82) is 0 Å². The van der Waals surface area contributed by atoms with E-state index >= 15 is 0 Å². The third-order valence-electron chi connectivity index (χ3n) is 4.60. The predicted octanol–water partition coefficient (Wildman–Crippen LogP) is 3.90. The molecule has 2 aliphatic heterocycles. The quantitative estimate of drug-likeness (QED) is 0.474. The third-order valence-corrected chi connectivity index (χ3v) is 5.94. The van der Waals surface area contributed by atoms with Gasteiger partial charge in [-0.2, -0.15) is 9.97 Å². The summed E-state index contributed by atoms with van der Waals surface area (Å²) in [4.78, 5) is 16.0. The van der Waals surface area contributed by atoms with E-state index in [-0.39, 0.29) is 11.2 Å². The standard InChI is InChI=1S/C9H11BrClN3O.C9H13BrN4O/c2*10-7-5-12-9(11)14-8(7)13-6-1-3-15-4-2-6/h5-6H,1-4H2,(H,12,13,14);5-6H,1-4H2,(H3,11,12,13,14). The second kappa shape index (κ2) is 11.9. The molecule has 2 aromatic heterocycles. The highest BCUT2D eigenvalue weighted by Crippen LogP contribution is 2.23. The fraction of sp³-hybridized carbons (Fsp3) is 0.556. The van der Waals surface area contributed by atoms with Crippen molar-refractivity contribution in [2.75, 3.05) is 42.8 Å². The molecule has 0 unspecified atom stereocenters. The molecule has 0 saturated carbocycles. The van der Waals surface area contributed by atoms with Gasteiger partial charge in [-0.3, -0.25) is 0 Å². The van der Waals surface area contributed by atoms with Gasteiger partial charge in [0.25, 0.3) is 0 Å². The molecular weight excluding hydrogens is 542 g/mol. The van der Waals surface area contributed by atoms with Crippen LogP contribution in [-0.4, -0.2) is 58.4 Å². The molecule has 2 aliphatic rings. The molecule has 164 valence electrons. The van der Waals surface area contributed by atoms with Crippen LogP contribution < -0.4 is 16.4 Å². The van der Waals surface area contributed by atoms with Gasteiger partial charge < -0.3 is 25.8 Å². The molecule has 4 heterocycles. The summed E-state index contributed by atoms with van der Waals surface area (Å²) in [5.41, 5.74) is 5.52. The topological polar surface area (TPSA) is 120 Å². The normalized spacial score (nSPS) is 17.7. The van der Waals surface area contributed by atoms with E-state index < -0.39 is 0 Å². The summed E-state index contributed by atoms with van der Waals surface area (Å²) >= 11 is 12.5. The van der Waals surface area contributed by atoms with E-state index in [0.29, 0.717) is 12.1 Å². The van der Waals surface area contributed by atoms with Crippen molar-refractivity contribution in [3.63, 3.8) is 0 Å². The van der Waals surface area contributed by atoms with Crippen molar-refractivity contribution < 1.29 is 9.47 Å². The minimum absolute atomic E-state index is 0.257. The monoisotopic (exact) mass is 563 g/mol. The summed E-state index contributed by atoms with van der Waals surface area (Å²) in [6.45, 7) is 3.20. The fourth-order valence-electron chi connectivity index (χ4n) is 3.00. The van der Waals surface area contributed by atoms with E-state index in [1.165, 1.54) is 0 Å². The number of hydrogen-bond donors (Lipinski definition) is 3. The highest BCUT2D eigenvalue weighted by atomic mass is 79.9. The van der Waals surface area contributed by atoms with Crippen LogP contribution in [0.1, 0.15) is 25.7 Å². The number of nitrogens with two attached hydrogens (primary N) is 1. The van der Waals surface area contributed by atoms with Gasteiger partial charge in [-0.25, -0.2) is 9.97 Å². The van der Waals surface area contributed by atoms with Gasteiger partial charge in [0.15, 0.2) is 0 Å². The first-order valence-corrected chi connectivity index (χ1v) is 11.6. The van der Waals surface area contributed by atoms with Crippen LogP contribution in [0.15, 0.2) is 21.3 Å². The van der Waals surface area contributed by atoms with Gasteiger partial charge in [-0.05, 0) is 69.1 Å². The summed E-state index contributed by atoms with van der Waals surface area (Å²) in [6.07, 6.45) is 7.29. The molecule has 4 N–H and O–H groups in total. The first-order valence-electron chi connectivity index (χ1n) is 9.66. The molecule has 0 spiro atoms. The highest BCUT2D eigenvalue weighted by molar-refractivity contribution is 9.11. The Morgan fingerprint density at radius 3 is 1.83 bits per heavy atom. The van der Waals surface area contributed by atoms with E-state index in [9.17, 15) is 0 Å². The Hall–Kier alpha value is -1.27. The number of ether oxygens (including phenoxy) is 2. The van der Waals surface area contributed by atoms with Crippen LogP contribution in [-0.2, 0) is 9.47 Å². The van der Waals surface area contributed by atoms with Crippen molar-refractivity contribution in [3.8, 4) is 0 Å². The Balaban J connectivity index is 0.000000171. The summed E-state index contributed by atoms with van der Waals surface area (Å²) in [5.74, 6) is 1.80. The van der Waals surface area contributed by atoms with Crippen molar-refractivity contribution in [3.05, 3.63) is 26.6 Å². The molecule has 2 fully saturated rings. The van der Waals surface area contributed by atoms with E-state index in [4.69, 9.17) is 26.8 Å². The van der Waals surface area contributed by atoms with Crippen molar-refractivity contribution in [1.82, 2.24) is 19.9 Å². The zero-order chi connectivity index (χ0) is 21.3. The zero-order valence-electron chi connectivity index (χ0n) is 16.3. The van der Waals surface area contributed by atoms with E-state index in [1.54, 1.807) is 12.4 Å². The van der Waals surface area contributed by atoms with Crippen LogP contribution in [0.4, 0.5) is 17.6 Å². The van der Waals surface area contributed by atoms with Gasteiger partial charge in [0, 0.05) is 50.9 Å². The summed E-state index contributed by atoms with van der Waals surface area (Å²) in [6, 6.07) is 0.811. The summed E-state index contributed by atoms with van der Waals surface area (Å²) in [5, 5.41) is 6.92. The minimum atomic E-state index is 0.257. The average molecular weight is 566 g/mol. The van der Waals surface area contributed by atoms with Crippen molar-refractivity contribution >= 4 is 61.0 Å². The maximum absolute atomic E-state index is 5.73. The Morgan fingerprint density at radius 1 is 0.833 bits per heavy atom. The average Bonchev–Trinajstić information content (AvgIpc) is 2.75. The number of nitrogens with zero attached hydrogens (tertiary/aromatic N) is 4.